The first-order valence-electron chi connectivity index (χ1n) is 17.3. The van der Waals surface area contributed by atoms with Crippen LogP contribution in [0.2, 0.25) is 0 Å². The molecule has 12 aromatic rings. The molecule has 0 fully saturated rings. The molecule has 0 saturated carbocycles. The van der Waals surface area contributed by atoms with Crippen LogP contribution < -0.4 is 0 Å². The second kappa shape index (κ2) is 10.1. The Morgan fingerprint density at radius 3 is 1.78 bits per heavy atom. The third-order valence-corrected chi connectivity index (χ3v) is 12.0. The molecule has 3 heteroatoms. The predicted octanol–water partition coefficient (Wildman–Crippen LogP) is 14.6. The van der Waals surface area contributed by atoms with Crippen LogP contribution in [0, 0.1) is 0 Å². The lowest BCUT2D eigenvalue weighted by molar-refractivity contribution is 0.663. The van der Waals surface area contributed by atoms with E-state index < -0.39 is 0 Å². The predicted molar refractivity (Wildman–Crippen MR) is 217 cm³/mol. The Morgan fingerprint density at radius 1 is 0.353 bits per heavy atom. The van der Waals surface area contributed by atoms with Crippen molar-refractivity contribution in [3.63, 3.8) is 0 Å². The minimum atomic E-state index is 0.833. The Balaban J connectivity index is 1.14. The number of furan rings is 2. The van der Waals surface area contributed by atoms with Gasteiger partial charge in [-0.3, -0.25) is 0 Å². The molecule has 0 saturated heterocycles. The van der Waals surface area contributed by atoms with Crippen molar-refractivity contribution in [2.24, 2.45) is 0 Å². The largest absolute Gasteiger partial charge is 0.456 e. The van der Waals surface area contributed by atoms with Gasteiger partial charge < -0.3 is 8.83 Å². The van der Waals surface area contributed by atoms with Crippen LogP contribution in [-0.2, 0) is 0 Å². The number of benzene rings is 9. The average molecular weight is 667 g/mol. The monoisotopic (exact) mass is 666 g/mol. The highest BCUT2D eigenvalue weighted by Gasteiger charge is 2.22. The van der Waals surface area contributed by atoms with Crippen molar-refractivity contribution in [2.75, 3.05) is 0 Å². The van der Waals surface area contributed by atoms with Gasteiger partial charge in [0, 0.05) is 36.3 Å². The van der Waals surface area contributed by atoms with E-state index in [4.69, 9.17) is 8.83 Å². The number of fused-ring (bicyclic) bond motifs is 14. The Hall–Kier alpha value is -6.42. The summed E-state index contributed by atoms with van der Waals surface area (Å²) in [5.41, 5.74) is 8.36. The van der Waals surface area contributed by atoms with E-state index in [1.807, 2.05) is 11.3 Å². The number of hydrogen-bond acceptors (Lipinski definition) is 3. The fourth-order valence-electron chi connectivity index (χ4n) is 8.73. The van der Waals surface area contributed by atoms with E-state index in [0.29, 0.717) is 0 Å². The van der Waals surface area contributed by atoms with Crippen LogP contribution >= 0.6 is 11.3 Å². The maximum absolute atomic E-state index is 6.64. The second-order valence-electron chi connectivity index (χ2n) is 13.5. The maximum atomic E-state index is 6.64. The summed E-state index contributed by atoms with van der Waals surface area (Å²) < 4.78 is 15.9. The molecule has 0 amide bonds. The van der Waals surface area contributed by atoms with Gasteiger partial charge in [-0.25, -0.2) is 0 Å². The molecule has 0 aliphatic carbocycles. The molecule has 3 aromatic heterocycles. The number of rotatable bonds is 2. The van der Waals surface area contributed by atoms with Gasteiger partial charge in [-0.15, -0.1) is 11.3 Å². The highest BCUT2D eigenvalue weighted by molar-refractivity contribution is 7.26. The van der Waals surface area contributed by atoms with Crippen LogP contribution in [0.5, 0.6) is 0 Å². The van der Waals surface area contributed by atoms with Crippen LogP contribution in [0.3, 0.4) is 0 Å². The average Bonchev–Trinajstić information content (AvgIpc) is 3.88. The molecule has 0 aliphatic rings. The molecule has 9 aromatic carbocycles. The molecule has 0 unspecified atom stereocenters. The van der Waals surface area contributed by atoms with Crippen molar-refractivity contribution >= 4 is 108 Å². The Kier molecular flexibility index (Phi) is 5.41. The van der Waals surface area contributed by atoms with Crippen molar-refractivity contribution in [3.05, 3.63) is 158 Å². The minimum Gasteiger partial charge on any atom is -0.456 e. The highest BCUT2D eigenvalue weighted by atomic mass is 32.1. The lowest BCUT2D eigenvalue weighted by Crippen LogP contribution is -1.91. The Labute approximate surface area is 295 Å². The first-order chi connectivity index (χ1) is 25.3. The maximum Gasteiger partial charge on any atom is 0.147 e. The van der Waals surface area contributed by atoms with Gasteiger partial charge in [0.2, 0.25) is 0 Å². The summed E-state index contributed by atoms with van der Waals surface area (Å²) in [6, 6.07) is 57.0. The van der Waals surface area contributed by atoms with Gasteiger partial charge >= 0.3 is 0 Å². The normalized spacial score (nSPS) is 12.3. The van der Waals surface area contributed by atoms with Crippen molar-refractivity contribution in [3.8, 4) is 22.3 Å². The van der Waals surface area contributed by atoms with E-state index in [-0.39, 0.29) is 0 Å². The van der Waals surface area contributed by atoms with Gasteiger partial charge in [0.1, 0.15) is 22.3 Å². The summed E-state index contributed by atoms with van der Waals surface area (Å²) in [4.78, 5) is 0. The van der Waals surface area contributed by atoms with E-state index in [9.17, 15) is 0 Å². The summed E-state index contributed by atoms with van der Waals surface area (Å²) >= 11 is 1.87. The molecular formula is C48H26O2S. The smallest absolute Gasteiger partial charge is 0.147 e. The fraction of sp³-hybridized carbons (Fsp3) is 0. The van der Waals surface area contributed by atoms with Gasteiger partial charge in [-0.1, -0.05) is 115 Å². The molecule has 0 N–H and O–H groups in total. The van der Waals surface area contributed by atoms with Crippen LogP contribution in [0.15, 0.2) is 167 Å². The first kappa shape index (κ1) is 27.4. The second-order valence-corrected chi connectivity index (χ2v) is 14.6. The van der Waals surface area contributed by atoms with Crippen molar-refractivity contribution in [1.82, 2.24) is 0 Å². The Morgan fingerprint density at radius 2 is 0.980 bits per heavy atom. The van der Waals surface area contributed by atoms with Gasteiger partial charge in [0.15, 0.2) is 0 Å². The van der Waals surface area contributed by atoms with Crippen molar-refractivity contribution < 1.29 is 8.83 Å². The van der Waals surface area contributed by atoms with E-state index >= 15 is 0 Å². The van der Waals surface area contributed by atoms with Crippen molar-refractivity contribution in [2.45, 2.75) is 0 Å². The van der Waals surface area contributed by atoms with E-state index in [1.165, 1.54) is 69.2 Å². The molecule has 0 aliphatic heterocycles. The molecule has 51 heavy (non-hydrogen) atoms. The molecule has 12 rings (SSSR count). The summed E-state index contributed by atoms with van der Waals surface area (Å²) in [5, 5.41) is 14.3. The number of hydrogen-bond donors (Lipinski definition) is 0. The topological polar surface area (TPSA) is 26.3 Å². The zero-order valence-corrected chi connectivity index (χ0v) is 28.1. The molecule has 0 atom stereocenters. The first-order valence-corrected chi connectivity index (χ1v) is 18.2. The molecule has 0 spiro atoms. The molecular weight excluding hydrogens is 641 g/mol. The minimum absolute atomic E-state index is 0.833. The van der Waals surface area contributed by atoms with Crippen LogP contribution in [0.25, 0.3) is 119 Å². The zero-order valence-electron chi connectivity index (χ0n) is 27.2. The SMILES string of the molecule is c1ccc2c(c1)ccc1oc3c(ccc4oc5cc(-c6c7ccccc7c(-c7cccc8sc9ccccc9c78)c7ccccc67)ccc5c43)c12. The quantitative estimate of drug-likeness (QED) is 0.172. The van der Waals surface area contributed by atoms with Crippen LogP contribution in [0.1, 0.15) is 0 Å². The third kappa shape index (κ3) is 3.71. The highest BCUT2D eigenvalue weighted by Crippen LogP contribution is 2.49. The Bertz CT molecular complexity index is 3370. The summed E-state index contributed by atoms with van der Waals surface area (Å²) in [7, 11) is 0. The van der Waals surface area contributed by atoms with Crippen LogP contribution in [-0.4, -0.2) is 0 Å². The third-order valence-electron chi connectivity index (χ3n) is 10.9. The van der Waals surface area contributed by atoms with Gasteiger partial charge in [0.25, 0.3) is 0 Å². The van der Waals surface area contributed by atoms with E-state index in [2.05, 4.69) is 158 Å². The molecule has 2 nitrogen and oxygen atoms in total. The fourth-order valence-corrected chi connectivity index (χ4v) is 9.86. The van der Waals surface area contributed by atoms with Crippen molar-refractivity contribution in [1.29, 1.82) is 0 Å². The molecule has 236 valence electrons. The summed E-state index contributed by atoms with van der Waals surface area (Å²) in [5.74, 6) is 0. The standard InChI is InChI=1S/C48H26O2S/c1-2-11-29-27(10-1)21-24-38-45(29)37-23-25-39-47(48(37)50-38)34-22-20-28(26-40(34)49-39)43-30-12-3-5-14-32(30)44(33-15-6-4-13-31(33)43)36-17-9-19-42-46(36)35-16-7-8-18-41(35)51-42/h1-26H. The summed E-state index contributed by atoms with van der Waals surface area (Å²) in [6.45, 7) is 0. The lowest BCUT2D eigenvalue weighted by Gasteiger charge is -2.18. The number of thiophene rings is 1. The van der Waals surface area contributed by atoms with Gasteiger partial charge in [0.05, 0.1) is 5.39 Å². The molecule has 0 radical (unpaired) electrons. The lowest BCUT2D eigenvalue weighted by atomic mass is 9.85. The van der Waals surface area contributed by atoms with Gasteiger partial charge in [-0.2, -0.15) is 0 Å². The summed E-state index contributed by atoms with van der Waals surface area (Å²) in [6.07, 6.45) is 0. The van der Waals surface area contributed by atoms with E-state index in [1.54, 1.807) is 0 Å². The van der Waals surface area contributed by atoms with E-state index in [0.717, 1.165) is 49.4 Å². The molecule has 3 heterocycles. The molecule has 0 bridgehead atoms. The zero-order chi connectivity index (χ0) is 33.2. The van der Waals surface area contributed by atoms with Crippen LogP contribution in [0.4, 0.5) is 0 Å². The van der Waals surface area contributed by atoms with Gasteiger partial charge in [-0.05, 0) is 97.0 Å².